The third kappa shape index (κ3) is 7.53. The SMILES string of the molecule is COC(=O)c1ccc(NC(=O)/C(C#N)=C\c2ccc(OCC(=O)Nc3ccc(C)cc3C)c(Br)c2)cc1. The van der Waals surface area contributed by atoms with Crippen molar-refractivity contribution >= 4 is 51.2 Å². The lowest BCUT2D eigenvalue weighted by Gasteiger charge is -2.11. The first-order chi connectivity index (χ1) is 17.7. The van der Waals surface area contributed by atoms with E-state index in [-0.39, 0.29) is 18.1 Å². The molecule has 0 atom stereocenters. The molecule has 0 aliphatic rings. The van der Waals surface area contributed by atoms with Crippen LogP contribution in [0.2, 0.25) is 0 Å². The minimum absolute atomic E-state index is 0.120. The number of hydrogen-bond acceptors (Lipinski definition) is 6. The fourth-order valence-electron chi connectivity index (χ4n) is 3.33. The number of hydrogen-bond donors (Lipinski definition) is 2. The first kappa shape index (κ1) is 27.2. The highest BCUT2D eigenvalue weighted by Gasteiger charge is 2.12. The maximum Gasteiger partial charge on any atom is 0.337 e. The quantitative estimate of drug-likeness (QED) is 0.215. The van der Waals surface area contributed by atoms with Crippen molar-refractivity contribution < 1.29 is 23.9 Å². The molecule has 37 heavy (non-hydrogen) atoms. The summed E-state index contributed by atoms with van der Waals surface area (Å²) in [5, 5.41) is 14.9. The van der Waals surface area contributed by atoms with Gasteiger partial charge in [-0.3, -0.25) is 9.59 Å². The summed E-state index contributed by atoms with van der Waals surface area (Å²) < 4.78 is 10.8. The predicted octanol–water partition coefficient (Wildman–Crippen LogP) is 5.42. The molecule has 0 radical (unpaired) electrons. The second-order valence-electron chi connectivity index (χ2n) is 8.04. The summed E-state index contributed by atoms with van der Waals surface area (Å²) in [4.78, 5) is 36.4. The Morgan fingerprint density at radius 2 is 1.73 bits per heavy atom. The van der Waals surface area contributed by atoms with Gasteiger partial charge in [0.2, 0.25) is 0 Å². The van der Waals surface area contributed by atoms with Crippen LogP contribution in [0.15, 0.2) is 70.7 Å². The van der Waals surface area contributed by atoms with Gasteiger partial charge in [-0.2, -0.15) is 5.26 Å². The van der Waals surface area contributed by atoms with Crippen molar-refractivity contribution in [3.8, 4) is 11.8 Å². The van der Waals surface area contributed by atoms with Crippen LogP contribution in [-0.4, -0.2) is 31.5 Å². The molecule has 3 aromatic carbocycles. The molecule has 0 spiro atoms. The Balaban J connectivity index is 1.62. The predicted molar refractivity (Wildman–Crippen MR) is 144 cm³/mol. The van der Waals surface area contributed by atoms with E-state index < -0.39 is 11.9 Å². The van der Waals surface area contributed by atoms with Crippen LogP contribution in [0.5, 0.6) is 5.75 Å². The van der Waals surface area contributed by atoms with Crippen molar-refractivity contribution in [2.75, 3.05) is 24.4 Å². The molecule has 0 bridgehead atoms. The van der Waals surface area contributed by atoms with Crippen molar-refractivity contribution in [1.82, 2.24) is 0 Å². The van der Waals surface area contributed by atoms with E-state index in [0.29, 0.717) is 27.0 Å². The maximum absolute atomic E-state index is 12.6. The lowest BCUT2D eigenvalue weighted by molar-refractivity contribution is -0.118. The van der Waals surface area contributed by atoms with Gasteiger partial charge in [-0.15, -0.1) is 0 Å². The maximum atomic E-state index is 12.6. The standard InChI is InChI=1S/C28H24BrN3O5/c1-17-4-10-24(18(2)12-17)32-26(33)16-37-25-11-5-19(14-23(25)29)13-21(15-30)27(34)31-22-8-6-20(7-9-22)28(35)36-3/h4-14H,16H2,1-3H3,(H,31,34)(H,32,33)/b21-13-. The fourth-order valence-corrected chi connectivity index (χ4v) is 3.84. The van der Waals surface area contributed by atoms with Gasteiger partial charge in [-0.1, -0.05) is 23.8 Å². The Labute approximate surface area is 223 Å². The second kappa shape index (κ2) is 12.5. The van der Waals surface area contributed by atoms with Crippen LogP contribution in [0.4, 0.5) is 11.4 Å². The van der Waals surface area contributed by atoms with Crippen molar-refractivity contribution in [1.29, 1.82) is 5.26 Å². The summed E-state index contributed by atoms with van der Waals surface area (Å²) in [7, 11) is 1.28. The van der Waals surface area contributed by atoms with E-state index in [9.17, 15) is 19.6 Å². The van der Waals surface area contributed by atoms with E-state index in [1.165, 1.54) is 37.5 Å². The molecule has 0 aliphatic heterocycles. The number of esters is 1. The number of rotatable bonds is 8. The number of nitrogens with one attached hydrogen (secondary N) is 2. The Morgan fingerprint density at radius 3 is 2.35 bits per heavy atom. The number of methoxy groups -OCH3 is 1. The van der Waals surface area contributed by atoms with Crippen LogP contribution in [0.25, 0.3) is 6.08 Å². The summed E-state index contributed by atoms with van der Waals surface area (Å²) in [6, 6.07) is 18.7. The lowest BCUT2D eigenvalue weighted by Crippen LogP contribution is -2.20. The van der Waals surface area contributed by atoms with Crippen LogP contribution in [0.3, 0.4) is 0 Å². The number of halogens is 1. The largest absolute Gasteiger partial charge is 0.483 e. The molecule has 0 saturated carbocycles. The Hall–Kier alpha value is -4.42. The molecule has 0 aromatic heterocycles. The molecule has 3 rings (SSSR count). The van der Waals surface area contributed by atoms with Crippen LogP contribution < -0.4 is 15.4 Å². The van der Waals surface area contributed by atoms with Gasteiger partial charge in [-0.05, 0) is 89.4 Å². The van der Waals surface area contributed by atoms with Crippen molar-refractivity contribution in [2.45, 2.75) is 13.8 Å². The molecule has 9 heteroatoms. The number of nitriles is 1. The molecule has 0 aliphatic carbocycles. The lowest BCUT2D eigenvalue weighted by atomic mass is 10.1. The van der Waals surface area contributed by atoms with Gasteiger partial charge in [-0.25, -0.2) is 4.79 Å². The number of amides is 2. The van der Waals surface area contributed by atoms with Gasteiger partial charge in [0.1, 0.15) is 17.4 Å². The fraction of sp³-hybridized carbons (Fsp3) is 0.143. The minimum atomic E-state index is -0.604. The number of ether oxygens (including phenoxy) is 2. The zero-order valence-corrected chi connectivity index (χ0v) is 22.0. The minimum Gasteiger partial charge on any atom is -0.483 e. The number of carbonyl (C=O) groups is 3. The molecule has 0 unspecified atom stereocenters. The monoisotopic (exact) mass is 561 g/mol. The van der Waals surface area contributed by atoms with E-state index in [1.54, 1.807) is 18.2 Å². The molecule has 8 nitrogen and oxygen atoms in total. The number of aryl methyl sites for hydroxylation is 2. The smallest absolute Gasteiger partial charge is 0.337 e. The van der Waals surface area contributed by atoms with Gasteiger partial charge in [0, 0.05) is 11.4 Å². The third-order valence-electron chi connectivity index (χ3n) is 5.21. The molecule has 0 fully saturated rings. The van der Waals surface area contributed by atoms with Gasteiger partial charge >= 0.3 is 5.97 Å². The Morgan fingerprint density at radius 1 is 1.00 bits per heavy atom. The van der Waals surface area contributed by atoms with E-state index in [4.69, 9.17) is 4.74 Å². The molecular weight excluding hydrogens is 538 g/mol. The first-order valence-electron chi connectivity index (χ1n) is 11.1. The summed E-state index contributed by atoms with van der Waals surface area (Å²) in [6.45, 7) is 3.71. The zero-order chi connectivity index (χ0) is 26.9. The van der Waals surface area contributed by atoms with E-state index >= 15 is 0 Å². The topological polar surface area (TPSA) is 118 Å². The van der Waals surface area contributed by atoms with Crippen molar-refractivity contribution in [3.05, 3.63) is 93.0 Å². The number of benzene rings is 3. The van der Waals surface area contributed by atoms with Gasteiger partial charge in [0.05, 0.1) is 17.1 Å². The van der Waals surface area contributed by atoms with Crippen LogP contribution >= 0.6 is 15.9 Å². The highest BCUT2D eigenvalue weighted by atomic mass is 79.9. The van der Waals surface area contributed by atoms with Crippen molar-refractivity contribution in [2.24, 2.45) is 0 Å². The number of nitrogens with zero attached hydrogens (tertiary/aromatic N) is 1. The molecule has 2 N–H and O–H groups in total. The Kier molecular flexibility index (Phi) is 9.19. The molecular formula is C28H24BrN3O5. The number of carbonyl (C=O) groups excluding carboxylic acids is 3. The van der Waals surface area contributed by atoms with E-state index in [1.807, 2.05) is 38.1 Å². The second-order valence-corrected chi connectivity index (χ2v) is 8.89. The number of anilines is 2. The summed E-state index contributed by atoms with van der Waals surface area (Å²) in [6.07, 6.45) is 1.43. The molecule has 0 heterocycles. The molecule has 3 aromatic rings. The highest BCUT2D eigenvalue weighted by Crippen LogP contribution is 2.27. The van der Waals surface area contributed by atoms with Gasteiger partial charge in [0.25, 0.3) is 11.8 Å². The third-order valence-corrected chi connectivity index (χ3v) is 5.83. The molecule has 2 amide bonds. The van der Waals surface area contributed by atoms with Crippen LogP contribution in [0, 0.1) is 25.2 Å². The highest BCUT2D eigenvalue weighted by molar-refractivity contribution is 9.10. The zero-order valence-electron chi connectivity index (χ0n) is 20.4. The van der Waals surface area contributed by atoms with E-state index in [2.05, 4.69) is 31.3 Å². The first-order valence-corrected chi connectivity index (χ1v) is 11.9. The normalized spacial score (nSPS) is 10.7. The molecule has 188 valence electrons. The van der Waals surface area contributed by atoms with Crippen LogP contribution in [0.1, 0.15) is 27.0 Å². The van der Waals surface area contributed by atoms with Crippen molar-refractivity contribution in [3.63, 3.8) is 0 Å². The van der Waals surface area contributed by atoms with Gasteiger partial charge < -0.3 is 20.1 Å². The molecule has 0 saturated heterocycles. The van der Waals surface area contributed by atoms with Gasteiger partial charge in [0.15, 0.2) is 6.61 Å². The Bertz CT molecular complexity index is 1410. The average molecular weight is 562 g/mol. The summed E-state index contributed by atoms with van der Waals surface area (Å²) >= 11 is 3.40. The average Bonchev–Trinajstić information content (AvgIpc) is 2.88. The van der Waals surface area contributed by atoms with E-state index in [0.717, 1.165) is 16.8 Å². The van der Waals surface area contributed by atoms with Crippen LogP contribution in [-0.2, 0) is 14.3 Å². The summed E-state index contributed by atoms with van der Waals surface area (Å²) in [5.41, 5.74) is 4.00. The summed E-state index contributed by atoms with van der Waals surface area (Å²) in [5.74, 6) is -0.962.